The number of nitrogens with one attached hydrogen (secondary N) is 2. The van der Waals surface area contributed by atoms with Gasteiger partial charge in [-0.05, 0) is 47.0 Å². The van der Waals surface area contributed by atoms with E-state index in [-0.39, 0.29) is 38.6 Å². The lowest BCUT2D eigenvalue weighted by Gasteiger charge is -2.27. The van der Waals surface area contributed by atoms with E-state index in [1.54, 1.807) is 13.8 Å². The zero-order valence-electron chi connectivity index (χ0n) is 43.3. The van der Waals surface area contributed by atoms with Crippen molar-refractivity contribution in [3.05, 3.63) is 0 Å². The number of alkyl carbamates (subject to hydrolysis) is 1. The van der Waals surface area contributed by atoms with Crippen LogP contribution >= 0.6 is 0 Å². The van der Waals surface area contributed by atoms with Crippen molar-refractivity contribution in [2.75, 3.05) is 33.0 Å². The number of hydrogen-bond donors (Lipinski definition) is 3. The molecule has 0 fully saturated rings. The summed E-state index contributed by atoms with van der Waals surface area (Å²) in [5.74, 6) is -1.30. The highest BCUT2D eigenvalue weighted by atomic mass is 16.6. The van der Waals surface area contributed by atoms with Crippen LogP contribution in [0.1, 0.15) is 273 Å². The molecule has 65 heavy (non-hydrogen) atoms. The zero-order valence-corrected chi connectivity index (χ0v) is 43.3. The molecule has 0 spiro atoms. The van der Waals surface area contributed by atoms with Gasteiger partial charge in [0.1, 0.15) is 13.2 Å². The Morgan fingerprint density at radius 1 is 0.462 bits per heavy atom. The van der Waals surface area contributed by atoms with Crippen molar-refractivity contribution in [2.45, 2.75) is 290 Å². The Bertz CT molecular complexity index is 1130. The van der Waals surface area contributed by atoms with E-state index < -0.39 is 35.3 Å². The summed E-state index contributed by atoms with van der Waals surface area (Å²) in [5, 5.41) is 15.6. The van der Waals surface area contributed by atoms with Gasteiger partial charge in [-0.25, -0.2) is 4.79 Å². The number of unbranched alkanes of at least 4 members (excludes halogenated alkanes) is 29. The van der Waals surface area contributed by atoms with Crippen LogP contribution in [0.4, 0.5) is 4.79 Å². The molecule has 1 unspecified atom stereocenters. The number of esters is 2. The minimum atomic E-state index is -0.819. The minimum Gasteiger partial charge on any atom is -0.466 e. The molecule has 0 bridgehead atoms. The Kier molecular flexibility index (Phi) is 42.5. The lowest BCUT2D eigenvalue weighted by Crippen LogP contribution is -2.43. The minimum absolute atomic E-state index is 0.135. The van der Waals surface area contributed by atoms with Crippen LogP contribution < -0.4 is 10.6 Å². The average molecular weight is 925 g/mol. The van der Waals surface area contributed by atoms with Crippen molar-refractivity contribution < 1.29 is 43.2 Å². The van der Waals surface area contributed by atoms with Crippen molar-refractivity contribution in [2.24, 2.45) is 0 Å². The molecule has 0 radical (unpaired) electrons. The maximum atomic E-state index is 12.9. The standard InChI is InChI=1S/C54H104N2O9/c1-7-9-11-13-15-17-19-21-23-25-27-29-31-33-35-37-43-55-52(60)64-47-48(56-49(57)38-36-34-32-30-28-26-24-22-20-18-16-14-12-10-8-2)46-63-51(59)40-39-50(58)62-44-42-54(5,6)65-45-41-53(3,4)61/h48,61H,7-47H2,1-6H3,(H,55,60)(H,56,57). The van der Waals surface area contributed by atoms with Crippen LogP contribution in [0.2, 0.25) is 0 Å². The van der Waals surface area contributed by atoms with Gasteiger partial charge in [-0.15, -0.1) is 0 Å². The highest BCUT2D eigenvalue weighted by molar-refractivity contribution is 5.78. The number of carbonyl (C=O) groups excluding carboxylic acids is 4. The quantitative estimate of drug-likeness (QED) is 0.0308. The summed E-state index contributed by atoms with van der Waals surface area (Å²) in [4.78, 5) is 50.5. The number of amides is 2. The summed E-state index contributed by atoms with van der Waals surface area (Å²) >= 11 is 0. The average Bonchev–Trinajstić information content (AvgIpc) is 3.25. The predicted octanol–water partition coefficient (Wildman–Crippen LogP) is 13.9. The molecule has 1 atom stereocenters. The van der Waals surface area contributed by atoms with E-state index in [1.165, 1.54) is 161 Å². The van der Waals surface area contributed by atoms with Gasteiger partial charge < -0.3 is 34.7 Å². The first-order valence-corrected chi connectivity index (χ1v) is 27.2. The van der Waals surface area contributed by atoms with Crippen molar-refractivity contribution in [1.29, 1.82) is 0 Å². The van der Waals surface area contributed by atoms with Gasteiger partial charge in [0.25, 0.3) is 0 Å². The maximum Gasteiger partial charge on any atom is 0.407 e. The Morgan fingerprint density at radius 2 is 0.846 bits per heavy atom. The molecule has 11 nitrogen and oxygen atoms in total. The number of aliphatic hydroxyl groups is 1. The molecule has 0 saturated heterocycles. The number of rotatable bonds is 48. The Hall–Kier alpha value is -2.40. The molecule has 0 heterocycles. The van der Waals surface area contributed by atoms with E-state index in [4.69, 9.17) is 18.9 Å². The van der Waals surface area contributed by atoms with Crippen LogP contribution in [-0.4, -0.2) is 79.3 Å². The molecule has 2 amide bonds. The molecular weight excluding hydrogens is 821 g/mol. The highest BCUT2D eigenvalue weighted by Gasteiger charge is 2.22. The van der Waals surface area contributed by atoms with E-state index >= 15 is 0 Å². The molecule has 0 aromatic heterocycles. The topological polar surface area (TPSA) is 149 Å². The highest BCUT2D eigenvalue weighted by Crippen LogP contribution is 2.19. The van der Waals surface area contributed by atoms with Gasteiger partial charge >= 0.3 is 18.0 Å². The summed E-state index contributed by atoms with van der Waals surface area (Å²) in [6.07, 6.45) is 39.8. The Balaban J connectivity index is 4.51. The van der Waals surface area contributed by atoms with Crippen LogP contribution in [0.15, 0.2) is 0 Å². The lowest BCUT2D eigenvalue weighted by atomic mass is 10.0. The summed E-state index contributed by atoms with van der Waals surface area (Å²) in [6.45, 7) is 12.5. The second kappa shape index (κ2) is 44.1. The molecule has 384 valence electrons. The van der Waals surface area contributed by atoms with E-state index in [0.29, 0.717) is 32.4 Å². The van der Waals surface area contributed by atoms with Crippen molar-refractivity contribution >= 4 is 23.9 Å². The van der Waals surface area contributed by atoms with Gasteiger partial charge in [0.15, 0.2) is 0 Å². The zero-order chi connectivity index (χ0) is 48.1. The summed E-state index contributed by atoms with van der Waals surface area (Å²) in [6, 6.07) is -0.713. The fourth-order valence-electron chi connectivity index (χ4n) is 7.78. The van der Waals surface area contributed by atoms with Crippen molar-refractivity contribution in [1.82, 2.24) is 10.6 Å². The second-order valence-corrected chi connectivity index (χ2v) is 20.1. The lowest BCUT2D eigenvalue weighted by molar-refractivity contribution is -0.152. The van der Waals surface area contributed by atoms with Crippen LogP contribution in [-0.2, 0) is 33.3 Å². The van der Waals surface area contributed by atoms with Gasteiger partial charge in [0.2, 0.25) is 5.91 Å². The van der Waals surface area contributed by atoms with E-state index in [2.05, 4.69) is 24.5 Å². The number of hydrogen-bond acceptors (Lipinski definition) is 9. The van der Waals surface area contributed by atoms with Gasteiger partial charge in [-0.1, -0.05) is 200 Å². The normalized spacial score (nSPS) is 12.2. The SMILES string of the molecule is CCCCCCCCCCCCCCCCCCNC(=O)OCC(COC(=O)CCC(=O)OCCC(C)(C)OCCC(C)(C)O)NC(=O)CCCCCCCCCCCCCCCCC. The van der Waals surface area contributed by atoms with Crippen LogP contribution in [0.5, 0.6) is 0 Å². The van der Waals surface area contributed by atoms with Crippen LogP contribution in [0, 0.1) is 0 Å². The smallest absolute Gasteiger partial charge is 0.407 e. The third-order valence-electron chi connectivity index (χ3n) is 12.2. The molecule has 0 aromatic rings. The van der Waals surface area contributed by atoms with Gasteiger partial charge in [0.05, 0.1) is 43.3 Å². The van der Waals surface area contributed by atoms with E-state index in [9.17, 15) is 24.3 Å². The predicted molar refractivity (Wildman–Crippen MR) is 267 cm³/mol. The van der Waals surface area contributed by atoms with Crippen molar-refractivity contribution in [3.63, 3.8) is 0 Å². The summed E-state index contributed by atoms with van der Waals surface area (Å²) in [5.41, 5.74) is -1.36. The van der Waals surface area contributed by atoms with Gasteiger partial charge in [-0.2, -0.15) is 0 Å². The third kappa shape index (κ3) is 47.9. The Labute approximate surface area is 399 Å². The molecule has 0 aromatic carbocycles. The fourth-order valence-corrected chi connectivity index (χ4v) is 7.78. The Morgan fingerprint density at radius 3 is 1.28 bits per heavy atom. The van der Waals surface area contributed by atoms with Crippen LogP contribution in [0.25, 0.3) is 0 Å². The molecular formula is C54H104N2O9. The molecule has 3 N–H and O–H groups in total. The maximum absolute atomic E-state index is 12.9. The monoisotopic (exact) mass is 925 g/mol. The molecule has 0 rings (SSSR count). The summed E-state index contributed by atoms with van der Waals surface area (Å²) < 4.78 is 22.1. The summed E-state index contributed by atoms with van der Waals surface area (Å²) in [7, 11) is 0. The first kappa shape index (κ1) is 62.6. The van der Waals surface area contributed by atoms with Gasteiger partial charge in [0, 0.05) is 19.4 Å². The first-order valence-electron chi connectivity index (χ1n) is 27.2. The van der Waals surface area contributed by atoms with E-state index in [1.807, 2.05) is 13.8 Å². The van der Waals surface area contributed by atoms with Gasteiger partial charge in [-0.3, -0.25) is 14.4 Å². The fraction of sp³-hybridized carbons (Fsp3) is 0.926. The molecule has 0 aliphatic rings. The number of ether oxygens (including phenoxy) is 4. The van der Waals surface area contributed by atoms with Crippen molar-refractivity contribution in [3.8, 4) is 0 Å². The first-order chi connectivity index (χ1) is 31.3. The number of carbonyl (C=O) groups is 4. The molecule has 0 saturated carbocycles. The largest absolute Gasteiger partial charge is 0.466 e. The molecule has 0 aliphatic heterocycles. The third-order valence-corrected chi connectivity index (χ3v) is 12.2. The van der Waals surface area contributed by atoms with Crippen LogP contribution in [0.3, 0.4) is 0 Å². The molecule has 0 aliphatic carbocycles. The second-order valence-electron chi connectivity index (χ2n) is 20.1. The van der Waals surface area contributed by atoms with E-state index in [0.717, 1.165) is 38.5 Å². The molecule has 11 heteroatoms.